The molecule has 1 aliphatic rings. The highest BCUT2D eigenvalue weighted by Gasteiger charge is 2.32. The number of aromatic carboxylic acids is 1. The van der Waals surface area contributed by atoms with E-state index in [0.717, 1.165) is 29.2 Å². The molecule has 0 aliphatic heterocycles. The summed E-state index contributed by atoms with van der Waals surface area (Å²) in [6.07, 6.45) is -1.01. The van der Waals surface area contributed by atoms with Crippen LogP contribution < -0.4 is 14.6 Å². The fourth-order valence-corrected chi connectivity index (χ4v) is 4.50. The largest absolute Gasteiger partial charge is 0.573 e. The predicted octanol–water partition coefficient (Wildman–Crippen LogP) is 6.86. The highest BCUT2D eigenvalue weighted by atomic mass is 19.4. The monoisotopic (exact) mass is 538 g/mol. The number of rotatable bonds is 10. The van der Waals surface area contributed by atoms with Crippen LogP contribution in [0.25, 0.3) is 10.8 Å². The molecule has 0 radical (unpaired) electrons. The van der Waals surface area contributed by atoms with E-state index in [1.165, 1.54) is 37.4 Å². The minimum absolute atomic E-state index is 0.0705. The molecule has 0 spiro atoms. The summed E-state index contributed by atoms with van der Waals surface area (Å²) in [6, 6.07) is 18.1. The van der Waals surface area contributed by atoms with Crippen LogP contribution in [0, 0.1) is 0 Å². The number of fused-ring (bicyclic) bond motifs is 1. The van der Waals surface area contributed by atoms with Gasteiger partial charge in [0.25, 0.3) is 0 Å². The standard InChI is InChI=1S/C29H25F3N2O5/c1-37-17-21-14-23(12-13-25(21)28(35)36)39-34(16-18-6-10-22(11-7-18)38-29(30,31)32)27-26(19-8-9-19)24-5-3-2-4-20(24)15-33-27/h2-7,10-15,19H,8-9,16-17H2,1H3,(H,35,36). The van der Waals surface area contributed by atoms with Gasteiger partial charge in [0.05, 0.1) is 18.7 Å². The molecule has 1 aromatic heterocycles. The van der Waals surface area contributed by atoms with Gasteiger partial charge in [-0.05, 0) is 65.6 Å². The zero-order valence-electron chi connectivity index (χ0n) is 20.9. The summed E-state index contributed by atoms with van der Waals surface area (Å²) in [7, 11) is 1.47. The third-order valence-corrected chi connectivity index (χ3v) is 6.35. The Balaban J connectivity index is 1.54. The minimum Gasteiger partial charge on any atom is -0.478 e. The summed E-state index contributed by atoms with van der Waals surface area (Å²) in [5.41, 5.74) is 2.22. The molecule has 0 amide bonds. The molecule has 1 aliphatic carbocycles. The van der Waals surface area contributed by atoms with Crippen molar-refractivity contribution in [1.29, 1.82) is 0 Å². The van der Waals surface area contributed by atoms with Crippen LogP contribution in [0.2, 0.25) is 0 Å². The van der Waals surface area contributed by atoms with Gasteiger partial charge in [0, 0.05) is 24.3 Å². The second-order valence-electron chi connectivity index (χ2n) is 9.23. The molecular weight excluding hydrogens is 513 g/mol. The zero-order valence-corrected chi connectivity index (χ0v) is 20.9. The van der Waals surface area contributed by atoms with Gasteiger partial charge in [-0.15, -0.1) is 13.2 Å². The lowest BCUT2D eigenvalue weighted by Gasteiger charge is -2.27. The Bertz CT molecular complexity index is 1490. The van der Waals surface area contributed by atoms with E-state index in [4.69, 9.17) is 14.6 Å². The number of carboxylic acid groups (broad SMARTS) is 1. The number of ether oxygens (including phenoxy) is 2. The third-order valence-electron chi connectivity index (χ3n) is 6.35. The van der Waals surface area contributed by atoms with Crippen LogP contribution in [0.1, 0.15) is 45.8 Å². The molecule has 3 aromatic carbocycles. The van der Waals surface area contributed by atoms with E-state index in [1.54, 1.807) is 23.4 Å². The van der Waals surface area contributed by atoms with E-state index < -0.39 is 12.3 Å². The van der Waals surface area contributed by atoms with Gasteiger partial charge in [-0.1, -0.05) is 36.4 Å². The van der Waals surface area contributed by atoms with Crippen LogP contribution in [-0.2, 0) is 17.9 Å². The summed E-state index contributed by atoms with van der Waals surface area (Å²) < 4.78 is 47.1. The molecule has 1 heterocycles. The van der Waals surface area contributed by atoms with Crippen LogP contribution in [-0.4, -0.2) is 29.5 Å². The lowest BCUT2D eigenvalue weighted by atomic mass is 10.0. The van der Waals surface area contributed by atoms with Crippen molar-refractivity contribution < 1.29 is 37.4 Å². The second-order valence-corrected chi connectivity index (χ2v) is 9.23. The van der Waals surface area contributed by atoms with Gasteiger partial charge in [-0.2, -0.15) is 5.06 Å². The molecule has 1 fully saturated rings. The molecule has 1 saturated carbocycles. The number of methoxy groups -OCH3 is 1. The van der Waals surface area contributed by atoms with Gasteiger partial charge in [-0.3, -0.25) is 0 Å². The Kier molecular flexibility index (Phi) is 7.30. The average Bonchev–Trinajstić information content (AvgIpc) is 3.73. The van der Waals surface area contributed by atoms with E-state index in [0.29, 0.717) is 28.6 Å². The summed E-state index contributed by atoms with van der Waals surface area (Å²) in [6.45, 7) is 0.221. The van der Waals surface area contributed by atoms with Crippen LogP contribution in [0.3, 0.4) is 0 Å². The molecule has 7 nitrogen and oxygen atoms in total. The number of hydrogen-bond acceptors (Lipinski definition) is 6. The summed E-state index contributed by atoms with van der Waals surface area (Å²) in [5.74, 6) is -0.164. The van der Waals surface area contributed by atoms with Crippen LogP contribution >= 0.6 is 0 Å². The van der Waals surface area contributed by atoms with E-state index >= 15 is 0 Å². The first kappa shape index (κ1) is 26.3. The van der Waals surface area contributed by atoms with Crippen molar-refractivity contribution in [2.75, 3.05) is 12.2 Å². The van der Waals surface area contributed by atoms with E-state index in [-0.39, 0.29) is 24.5 Å². The molecule has 1 N–H and O–H groups in total. The van der Waals surface area contributed by atoms with Crippen molar-refractivity contribution in [2.45, 2.75) is 38.3 Å². The number of aromatic nitrogens is 1. The van der Waals surface area contributed by atoms with Gasteiger partial charge < -0.3 is 19.4 Å². The maximum absolute atomic E-state index is 12.6. The number of hydroxylamine groups is 1. The Morgan fingerprint density at radius 3 is 2.44 bits per heavy atom. The molecule has 202 valence electrons. The minimum atomic E-state index is -4.78. The molecule has 0 unspecified atom stereocenters. The Hall–Kier alpha value is -4.31. The molecular formula is C29H25F3N2O5. The second kappa shape index (κ2) is 10.8. The van der Waals surface area contributed by atoms with Gasteiger partial charge >= 0.3 is 12.3 Å². The number of carbonyl (C=O) groups is 1. The smallest absolute Gasteiger partial charge is 0.478 e. The molecule has 0 bridgehead atoms. The fraction of sp³-hybridized carbons (Fsp3) is 0.241. The van der Waals surface area contributed by atoms with Crippen molar-refractivity contribution >= 4 is 22.6 Å². The number of hydrogen-bond donors (Lipinski definition) is 1. The quantitative estimate of drug-likeness (QED) is 0.221. The highest BCUT2D eigenvalue weighted by Crippen LogP contribution is 2.47. The highest BCUT2D eigenvalue weighted by molar-refractivity contribution is 5.90. The summed E-state index contributed by atoms with van der Waals surface area (Å²) in [5, 5.41) is 13.2. The van der Waals surface area contributed by atoms with E-state index in [2.05, 4.69) is 4.74 Å². The zero-order chi connectivity index (χ0) is 27.6. The van der Waals surface area contributed by atoms with Crippen molar-refractivity contribution in [2.24, 2.45) is 0 Å². The van der Waals surface area contributed by atoms with Crippen molar-refractivity contribution in [3.63, 3.8) is 0 Å². The third kappa shape index (κ3) is 6.23. The number of nitrogens with zero attached hydrogens (tertiary/aromatic N) is 2. The Morgan fingerprint density at radius 1 is 1.05 bits per heavy atom. The average molecular weight is 539 g/mol. The molecule has 10 heteroatoms. The van der Waals surface area contributed by atoms with Crippen LogP contribution in [0.15, 0.2) is 72.9 Å². The number of carboxylic acids is 1. The van der Waals surface area contributed by atoms with Gasteiger partial charge in [0.15, 0.2) is 11.6 Å². The van der Waals surface area contributed by atoms with Gasteiger partial charge in [0.2, 0.25) is 0 Å². The molecule has 4 aromatic rings. The molecule has 5 rings (SSSR count). The van der Waals surface area contributed by atoms with E-state index in [9.17, 15) is 23.1 Å². The van der Waals surface area contributed by atoms with Crippen LogP contribution in [0.5, 0.6) is 11.5 Å². The maximum atomic E-state index is 12.6. The summed E-state index contributed by atoms with van der Waals surface area (Å²) >= 11 is 0. The molecule has 0 atom stereocenters. The lowest BCUT2D eigenvalue weighted by Crippen LogP contribution is -2.29. The number of benzene rings is 3. The number of pyridine rings is 1. The first-order chi connectivity index (χ1) is 18.7. The van der Waals surface area contributed by atoms with Crippen LogP contribution in [0.4, 0.5) is 19.0 Å². The Morgan fingerprint density at radius 2 is 1.77 bits per heavy atom. The number of halogens is 3. The van der Waals surface area contributed by atoms with Crippen molar-refractivity contribution in [1.82, 2.24) is 4.98 Å². The summed E-state index contributed by atoms with van der Waals surface area (Å²) in [4.78, 5) is 22.7. The maximum Gasteiger partial charge on any atom is 0.573 e. The normalized spacial score (nSPS) is 13.3. The number of anilines is 1. The van der Waals surface area contributed by atoms with Crippen molar-refractivity contribution in [3.8, 4) is 11.5 Å². The van der Waals surface area contributed by atoms with Gasteiger partial charge in [0.1, 0.15) is 5.75 Å². The molecule has 39 heavy (non-hydrogen) atoms. The first-order valence-corrected chi connectivity index (χ1v) is 12.2. The number of alkyl halides is 3. The SMILES string of the molecule is COCc1cc(ON(Cc2ccc(OC(F)(F)F)cc2)c2ncc3ccccc3c2C2CC2)ccc1C(=O)O. The predicted molar refractivity (Wildman–Crippen MR) is 138 cm³/mol. The molecule has 0 saturated heterocycles. The lowest BCUT2D eigenvalue weighted by molar-refractivity contribution is -0.274. The fourth-order valence-electron chi connectivity index (χ4n) is 4.50. The van der Waals surface area contributed by atoms with Crippen molar-refractivity contribution in [3.05, 3.63) is 95.2 Å². The topological polar surface area (TPSA) is 81.1 Å². The first-order valence-electron chi connectivity index (χ1n) is 12.2. The van der Waals surface area contributed by atoms with E-state index in [1.807, 2.05) is 24.3 Å². The van der Waals surface area contributed by atoms with Gasteiger partial charge in [-0.25, -0.2) is 9.78 Å². The Labute approximate surface area is 222 Å².